The molecule has 34 heavy (non-hydrogen) atoms. The van der Waals surface area contributed by atoms with Crippen LogP contribution in [0.1, 0.15) is 5.56 Å². The van der Waals surface area contributed by atoms with Crippen LogP contribution in [0, 0.1) is 17.2 Å². The largest absolute Gasteiger partial charge is 0.474 e. The summed E-state index contributed by atoms with van der Waals surface area (Å²) < 4.78 is 34.5. The summed E-state index contributed by atoms with van der Waals surface area (Å²) >= 11 is 4.86. The summed E-state index contributed by atoms with van der Waals surface area (Å²) in [5.41, 5.74) is 8.57. The number of rotatable bonds is 8. The number of benzene rings is 1. The quantitative estimate of drug-likeness (QED) is 0.296. The molecule has 1 aromatic carbocycles. The van der Waals surface area contributed by atoms with Crippen LogP contribution in [0.5, 0.6) is 0 Å². The number of anilines is 1. The molecule has 1 aliphatic heterocycles. The van der Waals surface area contributed by atoms with E-state index in [0.29, 0.717) is 37.6 Å². The molecule has 0 aliphatic carbocycles. The molecule has 9 nitrogen and oxygen atoms in total. The van der Waals surface area contributed by atoms with Crippen LogP contribution in [0.15, 0.2) is 53.7 Å². The fraction of sp³-hybridized carbons (Fsp3) is 0.318. The van der Waals surface area contributed by atoms with E-state index in [1.165, 1.54) is 30.8 Å². The molecule has 1 aromatic heterocycles. The predicted molar refractivity (Wildman–Crippen MR) is 126 cm³/mol. The molecule has 1 aliphatic rings. The maximum atomic E-state index is 14.8. The lowest BCUT2D eigenvalue weighted by molar-refractivity contribution is -0.497. The number of thiocarbonyl (C=S) groups is 1. The third kappa shape index (κ3) is 6.75. The first-order valence-corrected chi connectivity index (χ1v) is 11.0. The Kier molecular flexibility index (Phi) is 8.93. The molecule has 2 heterocycles. The van der Waals surface area contributed by atoms with Gasteiger partial charge in [-0.1, -0.05) is 0 Å². The Balaban J connectivity index is 1.59. The van der Waals surface area contributed by atoms with Crippen LogP contribution in [-0.4, -0.2) is 60.8 Å². The number of piperazine rings is 1. The molecule has 1 fully saturated rings. The third-order valence-corrected chi connectivity index (χ3v) is 5.61. The van der Waals surface area contributed by atoms with E-state index in [4.69, 9.17) is 22.5 Å². The van der Waals surface area contributed by atoms with Crippen LogP contribution in [0.3, 0.4) is 0 Å². The van der Waals surface area contributed by atoms with Gasteiger partial charge in [0.25, 0.3) is 5.17 Å². The number of methoxy groups -OCH3 is 1. The summed E-state index contributed by atoms with van der Waals surface area (Å²) in [7, 11) is 1.41. The number of carbonyl (C=O) groups excluding carboxylic acids is 1. The van der Waals surface area contributed by atoms with Crippen molar-refractivity contribution < 1.29 is 23.6 Å². The standard InChI is InChI=1S/C22H25F2N7O2S/c1-33-22(34)28-14-17(29-25)13-27-16-11-18(23)21(19(24)12-16)31-8-6-30(7-9-31)20(32)10-15-2-4-26-5-3-15/h2-5,11-13,25,27H,6-10,14H2,1H3,(H,28,34)/p+1/b17-13-,29-25?. The van der Waals surface area contributed by atoms with Gasteiger partial charge in [-0.05, 0) is 29.9 Å². The van der Waals surface area contributed by atoms with Crippen LogP contribution >= 0.6 is 12.2 Å². The van der Waals surface area contributed by atoms with Crippen molar-refractivity contribution in [2.75, 3.05) is 44.7 Å². The first-order chi connectivity index (χ1) is 16.4. The van der Waals surface area contributed by atoms with Crippen LogP contribution in [0.25, 0.3) is 0 Å². The van der Waals surface area contributed by atoms with E-state index in [2.05, 4.69) is 15.4 Å². The van der Waals surface area contributed by atoms with Crippen LogP contribution in [-0.2, 0) is 16.0 Å². The summed E-state index contributed by atoms with van der Waals surface area (Å²) in [5, 5.41) is 7.72. The average molecular weight is 491 g/mol. The number of aromatic nitrogens is 1. The SMILES string of the molecule is COC(=S)NC/C(=C/[NH2+]c1cc(F)c(N2CCN(C(=O)Cc3ccncc3)CC2)c(F)c1)N=N. The van der Waals surface area contributed by atoms with Gasteiger partial charge >= 0.3 is 0 Å². The third-order valence-electron chi connectivity index (χ3n) is 5.30. The van der Waals surface area contributed by atoms with Crippen LogP contribution in [0.2, 0.25) is 0 Å². The van der Waals surface area contributed by atoms with E-state index in [-0.39, 0.29) is 29.7 Å². The maximum absolute atomic E-state index is 14.8. The smallest absolute Gasteiger partial charge is 0.256 e. The van der Waals surface area contributed by atoms with Gasteiger partial charge in [0.2, 0.25) is 5.91 Å². The van der Waals surface area contributed by atoms with E-state index in [1.54, 1.807) is 34.3 Å². The van der Waals surface area contributed by atoms with Crippen molar-refractivity contribution in [1.29, 1.82) is 5.53 Å². The lowest BCUT2D eigenvalue weighted by Crippen LogP contribution is -2.71. The highest BCUT2D eigenvalue weighted by molar-refractivity contribution is 7.80. The number of ether oxygens (including phenoxy) is 1. The minimum Gasteiger partial charge on any atom is -0.474 e. The number of nitrogens with one attached hydrogen (secondary N) is 2. The number of hydrogen-bond donors (Lipinski definition) is 3. The molecular formula is C22H26F2N7O2S+. The first kappa shape index (κ1) is 25.1. The molecule has 0 bridgehead atoms. The van der Waals surface area contributed by atoms with Crippen molar-refractivity contribution in [1.82, 2.24) is 15.2 Å². The normalized spacial score (nSPS) is 14.0. The van der Waals surface area contributed by atoms with E-state index in [9.17, 15) is 13.6 Å². The van der Waals surface area contributed by atoms with E-state index in [0.717, 1.165) is 5.56 Å². The van der Waals surface area contributed by atoms with Gasteiger partial charge in [-0.3, -0.25) is 15.1 Å². The Bertz CT molecular complexity index is 1040. The molecule has 12 heteroatoms. The molecule has 0 spiro atoms. The van der Waals surface area contributed by atoms with Gasteiger partial charge in [-0.2, -0.15) is 5.11 Å². The van der Waals surface area contributed by atoms with Crippen molar-refractivity contribution in [3.8, 4) is 0 Å². The number of halogens is 2. The minimum absolute atomic E-state index is 0.0279. The zero-order valence-corrected chi connectivity index (χ0v) is 19.4. The maximum Gasteiger partial charge on any atom is 0.256 e. The van der Waals surface area contributed by atoms with Gasteiger partial charge in [-0.15, -0.1) is 0 Å². The van der Waals surface area contributed by atoms with E-state index in [1.807, 2.05) is 0 Å². The molecule has 1 amide bonds. The lowest BCUT2D eigenvalue weighted by atomic mass is 10.1. The number of carbonyl (C=O) groups is 1. The fourth-order valence-corrected chi connectivity index (χ4v) is 3.59. The Hall–Kier alpha value is -3.51. The van der Waals surface area contributed by atoms with E-state index >= 15 is 0 Å². The molecule has 180 valence electrons. The molecule has 2 aromatic rings. The van der Waals surface area contributed by atoms with Gasteiger partial charge in [-0.25, -0.2) is 14.3 Å². The van der Waals surface area contributed by atoms with Gasteiger partial charge < -0.3 is 19.9 Å². The summed E-state index contributed by atoms with van der Waals surface area (Å²) in [6, 6.07) is 6.03. The highest BCUT2D eigenvalue weighted by Gasteiger charge is 2.26. The van der Waals surface area contributed by atoms with Crippen LogP contribution in [0.4, 0.5) is 20.2 Å². The summed E-state index contributed by atoms with van der Waals surface area (Å²) in [6.45, 7) is 1.55. The number of amides is 1. The molecule has 0 radical (unpaired) electrons. The topological polar surface area (TPSA) is 111 Å². The van der Waals surface area contributed by atoms with Gasteiger partial charge in [0.05, 0.1) is 20.1 Å². The predicted octanol–water partition coefficient (Wildman–Crippen LogP) is 1.84. The van der Waals surface area contributed by atoms with Crippen molar-refractivity contribution in [2.24, 2.45) is 5.11 Å². The molecule has 1 saturated heterocycles. The van der Waals surface area contributed by atoms with Crippen molar-refractivity contribution in [2.45, 2.75) is 6.42 Å². The molecule has 4 N–H and O–H groups in total. The highest BCUT2D eigenvalue weighted by Crippen LogP contribution is 2.26. The number of nitrogens with two attached hydrogens (primary N) is 1. The fourth-order valence-electron chi connectivity index (χ4n) is 3.51. The number of quaternary nitrogens is 1. The second kappa shape index (κ2) is 12.1. The Labute approximate surface area is 201 Å². The molecule has 0 atom stereocenters. The summed E-state index contributed by atoms with van der Waals surface area (Å²) in [4.78, 5) is 19.8. The Morgan fingerprint density at radius 1 is 1.26 bits per heavy atom. The minimum atomic E-state index is -0.695. The number of hydrogen-bond acceptors (Lipinski definition) is 7. The summed E-state index contributed by atoms with van der Waals surface area (Å²) in [6.07, 6.45) is 5.01. The second-order valence-electron chi connectivity index (χ2n) is 7.51. The van der Waals surface area contributed by atoms with Gasteiger partial charge in [0.15, 0.2) is 11.6 Å². The first-order valence-electron chi connectivity index (χ1n) is 10.5. The van der Waals surface area contributed by atoms with E-state index < -0.39 is 11.6 Å². The summed E-state index contributed by atoms with van der Waals surface area (Å²) in [5.74, 6) is -1.42. The zero-order chi connectivity index (χ0) is 24.5. The Morgan fingerprint density at radius 3 is 2.50 bits per heavy atom. The van der Waals surface area contributed by atoms with Crippen molar-refractivity contribution in [3.05, 3.63) is 65.8 Å². The van der Waals surface area contributed by atoms with Gasteiger partial charge in [0.1, 0.15) is 23.3 Å². The van der Waals surface area contributed by atoms with Gasteiger partial charge in [0, 0.05) is 50.7 Å². The highest BCUT2D eigenvalue weighted by atomic mass is 32.1. The zero-order valence-electron chi connectivity index (χ0n) is 18.6. The average Bonchev–Trinajstić information content (AvgIpc) is 2.84. The van der Waals surface area contributed by atoms with Crippen molar-refractivity contribution >= 4 is 34.7 Å². The molecule has 0 unspecified atom stereocenters. The van der Waals surface area contributed by atoms with Crippen LogP contribution < -0.4 is 15.5 Å². The Morgan fingerprint density at radius 2 is 1.91 bits per heavy atom. The lowest BCUT2D eigenvalue weighted by Gasteiger charge is -2.36. The monoisotopic (exact) mass is 490 g/mol. The van der Waals surface area contributed by atoms with Crippen molar-refractivity contribution in [3.63, 3.8) is 0 Å². The second-order valence-corrected chi connectivity index (χ2v) is 7.89. The molecule has 3 rings (SSSR count). The molecular weight excluding hydrogens is 464 g/mol. The number of pyridine rings is 1. The number of nitrogens with zero attached hydrogens (tertiary/aromatic N) is 4. The molecule has 0 saturated carbocycles.